The second-order valence-electron chi connectivity index (χ2n) is 6.11. The van der Waals surface area contributed by atoms with E-state index in [9.17, 15) is 18.4 Å². The predicted molar refractivity (Wildman–Crippen MR) is 92.9 cm³/mol. The van der Waals surface area contributed by atoms with E-state index in [1.807, 2.05) is 4.90 Å². The van der Waals surface area contributed by atoms with Gasteiger partial charge in [0.2, 0.25) is 0 Å². The molecule has 1 aromatic carbocycles. The lowest BCUT2D eigenvalue weighted by atomic mass is 10.1. The van der Waals surface area contributed by atoms with Gasteiger partial charge in [0, 0.05) is 51.4 Å². The molecule has 7 nitrogen and oxygen atoms in total. The van der Waals surface area contributed by atoms with Gasteiger partial charge in [-0.05, 0) is 6.07 Å². The second kappa shape index (κ2) is 7.69. The number of benzene rings is 1. The monoisotopic (exact) mass is 366 g/mol. The van der Waals surface area contributed by atoms with Gasteiger partial charge in [-0.2, -0.15) is 8.78 Å². The second-order valence-corrected chi connectivity index (χ2v) is 6.11. The molecule has 0 aliphatic carbocycles. The molecule has 2 heterocycles. The van der Waals surface area contributed by atoms with Crippen LogP contribution in [0, 0.1) is 0 Å². The molecule has 0 saturated carbocycles. The Labute approximate surface area is 148 Å². The fraction of sp³-hybridized carbons (Fsp3) is 0.412. The third-order valence-corrected chi connectivity index (χ3v) is 4.43. The van der Waals surface area contributed by atoms with E-state index in [-0.39, 0.29) is 11.3 Å². The molecule has 1 saturated heterocycles. The molecule has 2 aromatic rings. The smallest absolute Gasteiger partial charge is 0.387 e. The van der Waals surface area contributed by atoms with E-state index in [0.29, 0.717) is 44.1 Å². The highest BCUT2D eigenvalue weighted by atomic mass is 19.3. The summed E-state index contributed by atoms with van der Waals surface area (Å²) in [7, 11) is 1.42. The number of nitrogens with zero attached hydrogens (tertiary/aromatic N) is 3. The molecule has 3 rings (SSSR count). The van der Waals surface area contributed by atoms with Gasteiger partial charge in [0.15, 0.2) is 0 Å². The molecule has 140 valence electrons. The van der Waals surface area contributed by atoms with Crippen molar-refractivity contribution >= 4 is 5.82 Å². The van der Waals surface area contributed by atoms with Gasteiger partial charge >= 0.3 is 12.3 Å². The lowest BCUT2D eigenvalue weighted by Gasteiger charge is -2.35. The maximum atomic E-state index is 12.5. The molecule has 0 radical (unpaired) electrons. The summed E-state index contributed by atoms with van der Waals surface area (Å²) in [4.78, 5) is 30.2. The van der Waals surface area contributed by atoms with E-state index in [1.54, 1.807) is 18.2 Å². The van der Waals surface area contributed by atoms with Crippen molar-refractivity contribution < 1.29 is 13.5 Å². The van der Waals surface area contributed by atoms with Gasteiger partial charge in [-0.25, -0.2) is 4.79 Å². The molecule has 0 atom stereocenters. The van der Waals surface area contributed by atoms with Crippen LogP contribution in [0.1, 0.15) is 5.56 Å². The molecule has 1 aromatic heterocycles. The molecule has 1 aliphatic heterocycles. The quantitative estimate of drug-likeness (QED) is 0.855. The van der Waals surface area contributed by atoms with Crippen molar-refractivity contribution in [1.29, 1.82) is 0 Å². The number of aromatic amines is 1. The van der Waals surface area contributed by atoms with E-state index in [4.69, 9.17) is 0 Å². The fourth-order valence-corrected chi connectivity index (χ4v) is 2.95. The Morgan fingerprint density at radius 1 is 1.15 bits per heavy atom. The number of alkyl halides is 2. The van der Waals surface area contributed by atoms with Crippen LogP contribution in [0.4, 0.5) is 14.6 Å². The van der Waals surface area contributed by atoms with Gasteiger partial charge in [-0.15, -0.1) is 0 Å². The van der Waals surface area contributed by atoms with Crippen LogP contribution in [0.3, 0.4) is 0 Å². The largest absolute Gasteiger partial charge is 0.434 e. The summed E-state index contributed by atoms with van der Waals surface area (Å²) in [5.74, 6) is 0.681. The van der Waals surface area contributed by atoms with Gasteiger partial charge in [0.1, 0.15) is 11.6 Å². The molecule has 9 heteroatoms. The first-order valence-electron chi connectivity index (χ1n) is 8.24. The average molecular weight is 366 g/mol. The molecule has 1 aliphatic rings. The third kappa shape index (κ3) is 4.10. The number of aromatic nitrogens is 2. The predicted octanol–water partition coefficient (Wildman–Crippen LogP) is 0.997. The molecule has 26 heavy (non-hydrogen) atoms. The lowest BCUT2D eigenvalue weighted by Crippen LogP contribution is -2.47. The van der Waals surface area contributed by atoms with Crippen LogP contribution < -0.4 is 20.9 Å². The number of H-pyrrole nitrogens is 1. The first-order valence-corrected chi connectivity index (χ1v) is 8.24. The zero-order valence-electron chi connectivity index (χ0n) is 14.3. The van der Waals surface area contributed by atoms with Crippen LogP contribution in [0.25, 0.3) is 0 Å². The zero-order valence-corrected chi connectivity index (χ0v) is 14.3. The van der Waals surface area contributed by atoms with Crippen molar-refractivity contribution in [3.63, 3.8) is 0 Å². The minimum absolute atomic E-state index is 0.181. The van der Waals surface area contributed by atoms with Gasteiger partial charge in [0.05, 0.1) is 0 Å². The van der Waals surface area contributed by atoms with Crippen molar-refractivity contribution in [2.75, 3.05) is 31.1 Å². The highest BCUT2D eigenvalue weighted by Crippen LogP contribution is 2.22. The minimum Gasteiger partial charge on any atom is -0.434 e. The number of hydrogen-bond donors (Lipinski definition) is 1. The van der Waals surface area contributed by atoms with Crippen molar-refractivity contribution in [3.05, 3.63) is 56.7 Å². The van der Waals surface area contributed by atoms with Crippen molar-refractivity contribution in [2.24, 2.45) is 7.05 Å². The summed E-state index contributed by atoms with van der Waals surface area (Å²) in [5, 5.41) is 0. The van der Waals surface area contributed by atoms with Crippen LogP contribution in [0.5, 0.6) is 5.75 Å². The van der Waals surface area contributed by atoms with Gasteiger partial charge in [-0.1, -0.05) is 18.2 Å². The van der Waals surface area contributed by atoms with Gasteiger partial charge in [0.25, 0.3) is 5.56 Å². The molecule has 1 fully saturated rings. The van der Waals surface area contributed by atoms with Crippen LogP contribution in [0.2, 0.25) is 0 Å². The molecule has 0 unspecified atom stereocenters. The topological polar surface area (TPSA) is 70.6 Å². The maximum absolute atomic E-state index is 12.5. The van der Waals surface area contributed by atoms with Crippen molar-refractivity contribution in [2.45, 2.75) is 13.2 Å². The number of halogens is 2. The molecule has 1 N–H and O–H groups in total. The average Bonchev–Trinajstić information content (AvgIpc) is 2.61. The Bertz CT molecular complexity index is 842. The normalized spacial score (nSPS) is 15.5. The molecule has 0 spiro atoms. The molecule has 0 amide bonds. The van der Waals surface area contributed by atoms with Crippen LogP contribution in [0.15, 0.2) is 39.9 Å². The van der Waals surface area contributed by atoms with Crippen LogP contribution in [-0.4, -0.2) is 47.2 Å². The first-order chi connectivity index (χ1) is 12.4. The Morgan fingerprint density at radius 3 is 2.50 bits per heavy atom. The Hall–Kier alpha value is -2.68. The number of rotatable bonds is 5. The Morgan fingerprint density at radius 2 is 1.85 bits per heavy atom. The number of nitrogens with one attached hydrogen (secondary N) is 1. The number of anilines is 1. The van der Waals surface area contributed by atoms with E-state index >= 15 is 0 Å². The lowest BCUT2D eigenvalue weighted by molar-refractivity contribution is -0.0507. The minimum atomic E-state index is -2.86. The standard InChI is InChI=1S/C17H20F2N4O3/c1-21-15(24)10-14(20-17(21)25)23-8-6-22(7-9-23)11-12-4-2-3-5-13(12)26-16(18)19/h2-5,10,16H,6-9,11H2,1H3,(H,20,25). The highest BCUT2D eigenvalue weighted by Gasteiger charge is 2.20. The fourth-order valence-electron chi connectivity index (χ4n) is 2.95. The molecular formula is C17H20F2N4O3. The summed E-state index contributed by atoms with van der Waals surface area (Å²) in [6.45, 7) is 0.192. The summed E-state index contributed by atoms with van der Waals surface area (Å²) < 4.78 is 30.6. The van der Waals surface area contributed by atoms with Crippen molar-refractivity contribution in [1.82, 2.24) is 14.5 Å². The van der Waals surface area contributed by atoms with E-state index in [0.717, 1.165) is 4.57 Å². The summed E-state index contributed by atoms with van der Waals surface area (Å²) in [6.07, 6.45) is 0. The molecule has 0 bridgehead atoms. The Balaban J connectivity index is 1.65. The Kier molecular flexibility index (Phi) is 5.36. The van der Waals surface area contributed by atoms with E-state index in [1.165, 1.54) is 19.2 Å². The van der Waals surface area contributed by atoms with Crippen LogP contribution >= 0.6 is 0 Å². The summed E-state index contributed by atoms with van der Waals surface area (Å²) in [5.41, 5.74) is -0.111. The first kappa shape index (κ1) is 18.1. The summed E-state index contributed by atoms with van der Waals surface area (Å²) >= 11 is 0. The van der Waals surface area contributed by atoms with Gasteiger partial charge < -0.3 is 9.64 Å². The highest BCUT2D eigenvalue weighted by molar-refractivity contribution is 5.37. The zero-order chi connectivity index (χ0) is 18.7. The summed E-state index contributed by atoms with van der Waals surface area (Å²) in [6, 6.07) is 8.15. The number of para-hydroxylation sites is 1. The van der Waals surface area contributed by atoms with E-state index in [2.05, 4.69) is 14.6 Å². The van der Waals surface area contributed by atoms with E-state index < -0.39 is 12.3 Å². The maximum Gasteiger partial charge on any atom is 0.387 e. The third-order valence-electron chi connectivity index (χ3n) is 4.43. The SMILES string of the molecule is Cn1c(=O)cc(N2CCN(Cc3ccccc3OC(F)F)CC2)[nH]c1=O. The number of piperazine rings is 1. The number of ether oxygens (including phenoxy) is 1. The van der Waals surface area contributed by atoms with Gasteiger partial charge in [-0.3, -0.25) is 19.2 Å². The van der Waals surface area contributed by atoms with Crippen LogP contribution in [-0.2, 0) is 13.6 Å². The molecular weight excluding hydrogens is 346 g/mol. The van der Waals surface area contributed by atoms with Crippen molar-refractivity contribution in [3.8, 4) is 5.75 Å². The number of hydrogen-bond acceptors (Lipinski definition) is 5.